The summed E-state index contributed by atoms with van der Waals surface area (Å²) >= 11 is 3.02. The van der Waals surface area contributed by atoms with Crippen molar-refractivity contribution in [1.82, 2.24) is 0 Å². The first-order valence-electron chi connectivity index (χ1n) is 5.50. The van der Waals surface area contributed by atoms with Crippen LogP contribution in [0.3, 0.4) is 0 Å². The van der Waals surface area contributed by atoms with Crippen molar-refractivity contribution in [2.75, 3.05) is 12.4 Å². The molecular weight excluding hydrogens is 327 g/mol. The van der Waals surface area contributed by atoms with E-state index in [0.29, 0.717) is 6.42 Å². The molecule has 0 saturated heterocycles. The van der Waals surface area contributed by atoms with Crippen LogP contribution in [0.2, 0.25) is 0 Å². The standard InChI is InChI=1S/C12H13BrF3NO2/c1-3-10(11(18)19-2)17-9-5-7(12(14,15)16)4-8(13)6-9/h4-6,10,17H,3H2,1-2H3. The summed E-state index contributed by atoms with van der Waals surface area (Å²) in [6, 6.07) is 2.72. The van der Waals surface area contributed by atoms with Crippen molar-refractivity contribution >= 4 is 27.6 Å². The van der Waals surface area contributed by atoms with Crippen molar-refractivity contribution in [3.8, 4) is 0 Å². The summed E-state index contributed by atoms with van der Waals surface area (Å²) in [6.07, 6.45) is -4.03. The van der Waals surface area contributed by atoms with E-state index in [1.807, 2.05) is 0 Å². The van der Waals surface area contributed by atoms with Crippen LogP contribution in [0.4, 0.5) is 18.9 Å². The zero-order valence-electron chi connectivity index (χ0n) is 10.3. The fraction of sp³-hybridized carbons (Fsp3) is 0.417. The monoisotopic (exact) mass is 339 g/mol. The summed E-state index contributed by atoms with van der Waals surface area (Å²) in [4.78, 5) is 11.4. The number of hydrogen-bond donors (Lipinski definition) is 1. The number of nitrogens with one attached hydrogen (secondary N) is 1. The summed E-state index contributed by atoms with van der Waals surface area (Å²) in [5.74, 6) is -0.518. The number of anilines is 1. The van der Waals surface area contributed by atoms with Gasteiger partial charge in [0.05, 0.1) is 12.7 Å². The van der Waals surface area contributed by atoms with Gasteiger partial charge in [-0.15, -0.1) is 0 Å². The second-order valence-electron chi connectivity index (χ2n) is 3.85. The van der Waals surface area contributed by atoms with Crippen LogP contribution in [0, 0.1) is 0 Å². The molecule has 0 aliphatic carbocycles. The average Bonchev–Trinajstić information content (AvgIpc) is 2.33. The quantitative estimate of drug-likeness (QED) is 0.847. The van der Waals surface area contributed by atoms with Crippen molar-refractivity contribution in [3.63, 3.8) is 0 Å². The number of carbonyl (C=O) groups excluding carboxylic acids is 1. The minimum Gasteiger partial charge on any atom is -0.467 e. The van der Waals surface area contributed by atoms with Gasteiger partial charge in [-0.25, -0.2) is 4.79 Å². The molecule has 0 heterocycles. The van der Waals surface area contributed by atoms with Crippen molar-refractivity contribution in [3.05, 3.63) is 28.2 Å². The smallest absolute Gasteiger partial charge is 0.416 e. The van der Waals surface area contributed by atoms with Crippen LogP contribution in [0.15, 0.2) is 22.7 Å². The van der Waals surface area contributed by atoms with E-state index < -0.39 is 23.8 Å². The van der Waals surface area contributed by atoms with Crippen molar-refractivity contribution in [2.24, 2.45) is 0 Å². The molecule has 0 bridgehead atoms. The number of benzene rings is 1. The Hall–Kier alpha value is -1.24. The molecule has 0 saturated carbocycles. The summed E-state index contributed by atoms with van der Waals surface area (Å²) in [7, 11) is 1.23. The highest BCUT2D eigenvalue weighted by Gasteiger charge is 2.31. The molecule has 1 N–H and O–H groups in total. The highest BCUT2D eigenvalue weighted by Crippen LogP contribution is 2.33. The van der Waals surface area contributed by atoms with Crippen molar-refractivity contribution in [2.45, 2.75) is 25.6 Å². The van der Waals surface area contributed by atoms with Gasteiger partial charge in [-0.1, -0.05) is 22.9 Å². The number of alkyl halides is 3. The summed E-state index contributed by atoms with van der Waals surface area (Å²) in [6.45, 7) is 1.73. The molecule has 106 valence electrons. The van der Waals surface area contributed by atoms with E-state index in [0.717, 1.165) is 12.1 Å². The van der Waals surface area contributed by atoms with Crippen LogP contribution in [0.5, 0.6) is 0 Å². The third-order valence-electron chi connectivity index (χ3n) is 2.46. The molecule has 1 rings (SSSR count). The van der Waals surface area contributed by atoms with E-state index in [-0.39, 0.29) is 10.2 Å². The van der Waals surface area contributed by atoms with Crippen molar-refractivity contribution < 1.29 is 22.7 Å². The molecule has 1 aromatic carbocycles. The zero-order valence-corrected chi connectivity index (χ0v) is 11.9. The molecule has 0 spiro atoms. The number of methoxy groups -OCH3 is 1. The molecule has 0 amide bonds. The predicted molar refractivity (Wildman–Crippen MR) is 68.9 cm³/mol. The Labute approximate surface area is 117 Å². The molecule has 0 aliphatic rings. The molecule has 1 unspecified atom stereocenters. The van der Waals surface area contributed by atoms with Gasteiger partial charge in [0, 0.05) is 10.2 Å². The predicted octanol–water partition coefficient (Wildman–Crippen LogP) is 3.83. The normalized spacial score (nSPS) is 12.9. The number of esters is 1. The number of ether oxygens (including phenoxy) is 1. The first kappa shape index (κ1) is 15.8. The number of rotatable bonds is 4. The zero-order chi connectivity index (χ0) is 14.6. The van der Waals surface area contributed by atoms with E-state index in [9.17, 15) is 18.0 Å². The Morgan fingerprint density at radius 2 is 2.05 bits per heavy atom. The highest BCUT2D eigenvalue weighted by atomic mass is 79.9. The molecule has 1 aromatic rings. The molecule has 1 atom stereocenters. The lowest BCUT2D eigenvalue weighted by atomic mass is 10.1. The molecule has 19 heavy (non-hydrogen) atoms. The van der Waals surface area contributed by atoms with Crippen LogP contribution < -0.4 is 5.32 Å². The second kappa shape index (κ2) is 6.27. The van der Waals surface area contributed by atoms with E-state index in [1.165, 1.54) is 13.2 Å². The fourth-order valence-corrected chi connectivity index (χ4v) is 2.00. The fourth-order valence-electron chi connectivity index (χ4n) is 1.51. The Morgan fingerprint density at radius 1 is 1.42 bits per heavy atom. The van der Waals surface area contributed by atoms with Crippen LogP contribution in [-0.2, 0) is 15.7 Å². The molecule has 7 heteroatoms. The lowest BCUT2D eigenvalue weighted by Gasteiger charge is -2.17. The van der Waals surface area contributed by atoms with E-state index in [1.54, 1.807) is 6.92 Å². The maximum atomic E-state index is 12.7. The number of halogens is 4. The van der Waals surface area contributed by atoms with Gasteiger partial charge in [-0.05, 0) is 24.6 Å². The average molecular weight is 340 g/mol. The third kappa shape index (κ3) is 4.41. The number of hydrogen-bond acceptors (Lipinski definition) is 3. The summed E-state index contributed by atoms with van der Waals surface area (Å²) in [5.41, 5.74) is -0.581. The van der Waals surface area contributed by atoms with Gasteiger partial charge in [-0.3, -0.25) is 0 Å². The van der Waals surface area contributed by atoms with E-state index in [2.05, 4.69) is 26.0 Å². The molecule has 0 fully saturated rings. The van der Waals surface area contributed by atoms with Gasteiger partial charge in [0.25, 0.3) is 0 Å². The van der Waals surface area contributed by atoms with E-state index >= 15 is 0 Å². The van der Waals surface area contributed by atoms with Crippen LogP contribution in [0.25, 0.3) is 0 Å². The first-order valence-corrected chi connectivity index (χ1v) is 6.29. The van der Waals surface area contributed by atoms with Gasteiger partial charge in [0.2, 0.25) is 0 Å². The largest absolute Gasteiger partial charge is 0.467 e. The lowest BCUT2D eigenvalue weighted by molar-refractivity contribution is -0.141. The second-order valence-corrected chi connectivity index (χ2v) is 4.77. The van der Waals surface area contributed by atoms with Crippen molar-refractivity contribution in [1.29, 1.82) is 0 Å². The number of carbonyl (C=O) groups is 1. The minimum atomic E-state index is -4.44. The molecular formula is C12H13BrF3NO2. The Balaban J connectivity index is 3.01. The Bertz CT molecular complexity index is 463. The van der Waals surface area contributed by atoms with Gasteiger partial charge in [0.1, 0.15) is 6.04 Å². The molecule has 0 aromatic heterocycles. The van der Waals surface area contributed by atoms with E-state index in [4.69, 9.17) is 0 Å². The first-order chi connectivity index (χ1) is 8.77. The maximum absolute atomic E-state index is 12.7. The third-order valence-corrected chi connectivity index (χ3v) is 2.92. The SMILES string of the molecule is CCC(Nc1cc(Br)cc(C(F)(F)F)c1)C(=O)OC. The molecule has 0 radical (unpaired) electrons. The topological polar surface area (TPSA) is 38.3 Å². The van der Waals surface area contributed by atoms with Gasteiger partial charge >= 0.3 is 12.1 Å². The van der Waals surface area contributed by atoms with Gasteiger partial charge in [-0.2, -0.15) is 13.2 Å². The summed E-state index contributed by atoms with van der Waals surface area (Å²) in [5, 5.41) is 2.73. The van der Waals surface area contributed by atoms with Gasteiger partial charge in [0.15, 0.2) is 0 Å². The van der Waals surface area contributed by atoms with Crippen LogP contribution in [-0.4, -0.2) is 19.1 Å². The molecule has 0 aliphatic heterocycles. The molecule has 3 nitrogen and oxygen atoms in total. The van der Waals surface area contributed by atoms with Crippen LogP contribution in [0.1, 0.15) is 18.9 Å². The maximum Gasteiger partial charge on any atom is 0.416 e. The lowest BCUT2D eigenvalue weighted by Crippen LogP contribution is -2.29. The highest BCUT2D eigenvalue weighted by molar-refractivity contribution is 9.10. The summed E-state index contributed by atoms with van der Waals surface area (Å²) < 4.78 is 42.8. The Morgan fingerprint density at radius 3 is 2.53 bits per heavy atom. The Kier molecular flexibility index (Phi) is 5.22. The minimum absolute atomic E-state index is 0.207. The van der Waals surface area contributed by atoms with Crippen LogP contribution >= 0.6 is 15.9 Å². The van der Waals surface area contributed by atoms with Gasteiger partial charge < -0.3 is 10.1 Å².